The summed E-state index contributed by atoms with van der Waals surface area (Å²) in [6, 6.07) is 1.86. The number of imide groups is 1. The second-order valence-electron chi connectivity index (χ2n) is 4.35. The fourth-order valence-electron chi connectivity index (χ4n) is 1.61. The van der Waals surface area contributed by atoms with E-state index in [4.69, 9.17) is 0 Å². The van der Waals surface area contributed by atoms with Crippen molar-refractivity contribution < 1.29 is 18.4 Å². The molecule has 3 amide bonds. The Morgan fingerprint density at radius 2 is 1.80 bits per heavy atom. The number of nitrogens with one attached hydrogen (secondary N) is 3. The Morgan fingerprint density at radius 1 is 1.15 bits per heavy atom. The van der Waals surface area contributed by atoms with E-state index in [9.17, 15) is 18.4 Å². The summed E-state index contributed by atoms with van der Waals surface area (Å²) >= 11 is 0. The van der Waals surface area contributed by atoms with E-state index >= 15 is 0 Å². The maximum atomic E-state index is 13.1. The summed E-state index contributed by atoms with van der Waals surface area (Å²) in [5, 5.41) is 7.27. The molecule has 110 valence electrons. The largest absolute Gasteiger partial charge is 0.341 e. The van der Waals surface area contributed by atoms with Crippen LogP contribution in [-0.4, -0.2) is 25.0 Å². The third kappa shape index (κ3) is 4.27. The van der Waals surface area contributed by atoms with Gasteiger partial charge in [-0.3, -0.25) is 15.4 Å². The van der Waals surface area contributed by atoms with Gasteiger partial charge in [0.15, 0.2) is 11.6 Å². The van der Waals surface area contributed by atoms with Crippen molar-refractivity contribution in [2.75, 3.05) is 7.05 Å². The van der Waals surface area contributed by atoms with Gasteiger partial charge >= 0.3 is 6.03 Å². The fraction of sp³-hybridized carbons (Fsp3) is 0.385. The van der Waals surface area contributed by atoms with Crippen LogP contribution in [-0.2, 0) is 4.79 Å². The number of urea groups is 1. The summed E-state index contributed by atoms with van der Waals surface area (Å²) in [6.45, 7) is 3.27. The van der Waals surface area contributed by atoms with Crippen molar-refractivity contribution in [1.82, 2.24) is 16.0 Å². The van der Waals surface area contributed by atoms with Crippen LogP contribution < -0.4 is 16.0 Å². The first-order valence-corrected chi connectivity index (χ1v) is 6.08. The molecule has 0 saturated heterocycles. The average Bonchev–Trinajstić information content (AvgIpc) is 2.41. The Bertz CT molecular complexity index is 508. The molecule has 0 fully saturated rings. The molecule has 2 atom stereocenters. The van der Waals surface area contributed by atoms with E-state index in [-0.39, 0.29) is 6.04 Å². The first kappa shape index (κ1) is 16.0. The fourth-order valence-corrected chi connectivity index (χ4v) is 1.61. The van der Waals surface area contributed by atoms with Gasteiger partial charge < -0.3 is 5.32 Å². The lowest BCUT2D eigenvalue weighted by Crippen LogP contribution is -2.47. The van der Waals surface area contributed by atoms with Gasteiger partial charge in [0, 0.05) is 13.1 Å². The minimum absolute atomic E-state index is 0.379. The van der Waals surface area contributed by atoms with Crippen LogP contribution in [0.2, 0.25) is 0 Å². The number of halogens is 2. The molecule has 5 nitrogen and oxygen atoms in total. The summed E-state index contributed by atoms with van der Waals surface area (Å²) in [7, 11) is 1.39. The Hall–Kier alpha value is -2.02. The zero-order valence-corrected chi connectivity index (χ0v) is 11.5. The minimum Gasteiger partial charge on any atom is -0.341 e. The monoisotopic (exact) mass is 285 g/mol. The van der Waals surface area contributed by atoms with Gasteiger partial charge in [-0.25, -0.2) is 13.6 Å². The molecule has 1 rings (SSSR count). The predicted molar refractivity (Wildman–Crippen MR) is 70.0 cm³/mol. The van der Waals surface area contributed by atoms with Gasteiger partial charge in [-0.2, -0.15) is 0 Å². The quantitative estimate of drug-likeness (QED) is 0.784. The van der Waals surface area contributed by atoms with Gasteiger partial charge in [0.25, 0.3) is 0 Å². The molecule has 0 unspecified atom stereocenters. The first-order valence-electron chi connectivity index (χ1n) is 6.08. The summed E-state index contributed by atoms with van der Waals surface area (Å²) < 4.78 is 25.9. The van der Waals surface area contributed by atoms with Crippen LogP contribution in [0, 0.1) is 11.6 Å². The van der Waals surface area contributed by atoms with E-state index in [0.717, 1.165) is 12.1 Å². The van der Waals surface area contributed by atoms with E-state index in [1.807, 2.05) is 0 Å². The molecule has 0 spiro atoms. The Kier molecular flexibility index (Phi) is 5.57. The van der Waals surface area contributed by atoms with Crippen molar-refractivity contribution in [2.45, 2.75) is 25.9 Å². The number of hydrogen-bond acceptors (Lipinski definition) is 3. The third-order valence-corrected chi connectivity index (χ3v) is 2.80. The van der Waals surface area contributed by atoms with Crippen LogP contribution in [0.4, 0.5) is 13.6 Å². The van der Waals surface area contributed by atoms with Gasteiger partial charge in [-0.05, 0) is 31.5 Å². The zero-order valence-electron chi connectivity index (χ0n) is 11.5. The lowest BCUT2D eigenvalue weighted by Gasteiger charge is -2.19. The van der Waals surface area contributed by atoms with Crippen molar-refractivity contribution in [1.29, 1.82) is 0 Å². The highest BCUT2D eigenvalue weighted by Crippen LogP contribution is 2.16. The predicted octanol–water partition coefficient (Wildman–Crippen LogP) is 1.46. The van der Waals surface area contributed by atoms with Gasteiger partial charge in [0.05, 0.1) is 6.04 Å². The second kappa shape index (κ2) is 6.95. The van der Waals surface area contributed by atoms with Crippen LogP contribution in [0.15, 0.2) is 18.2 Å². The molecule has 20 heavy (non-hydrogen) atoms. The Labute approximate surface area is 115 Å². The lowest BCUT2D eigenvalue weighted by atomic mass is 10.1. The molecule has 0 heterocycles. The molecule has 0 bridgehead atoms. The highest BCUT2D eigenvalue weighted by Gasteiger charge is 2.18. The summed E-state index contributed by atoms with van der Waals surface area (Å²) in [5.74, 6) is -2.39. The average molecular weight is 285 g/mol. The second-order valence-corrected chi connectivity index (χ2v) is 4.35. The molecular formula is C13H17F2N3O2. The van der Waals surface area contributed by atoms with Crippen LogP contribution in [0.25, 0.3) is 0 Å². The van der Waals surface area contributed by atoms with E-state index in [1.54, 1.807) is 13.8 Å². The minimum atomic E-state index is -0.946. The highest BCUT2D eigenvalue weighted by atomic mass is 19.2. The van der Waals surface area contributed by atoms with Crippen molar-refractivity contribution >= 4 is 11.9 Å². The van der Waals surface area contributed by atoms with Gasteiger partial charge in [0.2, 0.25) is 5.91 Å². The number of hydrogen-bond donors (Lipinski definition) is 3. The molecule has 0 saturated carbocycles. The number of benzene rings is 1. The van der Waals surface area contributed by atoms with Gasteiger partial charge in [-0.1, -0.05) is 6.07 Å². The highest BCUT2D eigenvalue weighted by molar-refractivity contribution is 5.96. The van der Waals surface area contributed by atoms with E-state index < -0.39 is 29.6 Å². The summed E-state index contributed by atoms with van der Waals surface area (Å²) in [5.41, 5.74) is 0.503. The molecule has 1 aromatic rings. The normalized spacial score (nSPS) is 13.4. The maximum absolute atomic E-state index is 13.1. The molecule has 1 aromatic carbocycles. The molecule has 0 aliphatic carbocycles. The lowest BCUT2D eigenvalue weighted by molar-refractivity contribution is -0.121. The van der Waals surface area contributed by atoms with Crippen molar-refractivity contribution in [3.05, 3.63) is 35.4 Å². The Morgan fingerprint density at radius 3 is 2.35 bits per heavy atom. The summed E-state index contributed by atoms with van der Waals surface area (Å²) in [6.07, 6.45) is 0. The van der Waals surface area contributed by atoms with E-state index in [0.29, 0.717) is 5.56 Å². The van der Waals surface area contributed by atoms with Gasteiger partial charge in [-0.15, -0.1) is 0 Å². The molecule has 0 aromatic heterocycles. The molecule has 7 heteroatoms. The standard InChI is InChI=1S/C13H17F2N3O2/c1-7(9-4-5-10(14)11(15)6-9)17-8(2)12(19)18-13(20)16-3/h4-8,17H,1-3H3,(H2,16,18,19,20)/t7-,8+/m1/s1. The van der Waals surface area contributed by atoms with Crippen molar-refractivity contribution in [3.8, 4) is 0 Å². The molecule has 3 N–H and O–H groups in total. The van der Waals surface area contributed by atoms with Crippen LogP contribution in [0.1, 0.15) is 25.5 Å². The zero-order chi connectivity index (χ0) is 15.3. The maximum Gasteiger partial charge on any atom is 0.321 e. The molecular weight excluding hydrogens is 268 g/mol. The molecule has 0 aliphatic heterocycles. The van der Waals surface area contributed by atoms with Crippen LogP contribution >= 0.6 is 0 Å². The van der Waals surface area contributed by atoms with Crippen molar-refractivity contribution in [3.63, 3.8) is 0 Å². The van der Waals surface area contributed by atoms with Crippen molar-refractivity contribution in [2.24, 2.45) is 0 Å². The van der Waals surface area contributed by atoms with E-state index in [2.05, 4.69) is 16.0 Å². The molecule has 0 aliphatic rings. The number of carbonyl (C=O) groups is 2. The topological polar surface area (TPSA) is 70.2 Å². The summed E-state index contributed by atoms with van der Waals surface area (Å²) in [4.78, 5) is 22.6. The van der Waals surface area contributed by atoms with E-state index in [1.165, 1.54) is 13.1 Å². The Balaban J connectivity index is 2.64. The number of rotatable bonds is 4. The first-order chi connectivity index (χ1) is 9.35. The SMILES string of the molecule is CNC(=O)NC(=O)[C@H](C)N[C@H](C)c1ccc(F)c(F)c1. The number of amides is 3. The van der Waals surface area contributed by atoms with Gasteiger partial charge in [0.1, 0.15) is 0 Å². The third-order valence-electron chi connectivity index (χ3n) is 2.80. The smallest absolute Gasteiger partial charge is 0.321 e. The van der Waals surface area contributed by atoms with Crippen LogP contribution in [0.5, 0.6) is 0 Å². The van der Waals surface area contributed by atoms with Crippen LogP contribution in [0.3, 0.4) is 0 Å². The number of carbonyl (C=O) groups excluding carboxylic acids is 2. The molecule has 0 radical (unpaired) electrons.